The van der Waals surface area contributed by atoms with Gasteiger partial charge in [0.15, 0.2) is 14.5 Å². The van der Waals surface area contributed by atoms with Crippen LogP contribution in [-0.4, -0.2) is 33.2 Å². The molecule has 2 atom stereocenters. The van der Waals surface area contributed by atoms with Gasteiger partial charge in [0, 0.05) is 0 Å². The van der Waals surface area contributed by atoms with Gasteiger partial charge in [0.05, 0.1) is 19.1 Å². The van der Waals surface area contributed by atoms with E-state index in [9.17, 15) is 4.79 Å². The average molecular weight is 285 g/mol. The van der Waals surface area contributed by atoms with Gasteiger partial charge in [0.2, 0.25) is 5.91 Å². The molecule has 5 heteroatoms. The molecule has 1 fully saturated rings. The summed E-state index contributed by atoms with van der Waals surface area (Å²) in [6.07, 6.45) is -0.154. The third-order valence-corrected chi connectivity index (χ3v) is 8.29. The zero-order chi connectivity index (χ0) is 14.8. The Bertz CT molecular complexity index is 360. The molecule has 4 nitrogen and oxygen atoms in total. The van der Waals surface area contributed by atoms with Gasteiger partial charge < -0.3 is 14.5 Å². The molecule has 1 heterocycles. The van der Waals surface area contributed by atoms with E-state index < -0.39 is 8.32 Å². The molecular weight excluding hydrogens is 258 g/mol. The first-order chi connectivity index (χ1) is 8.53. The van der Waals surface area contributed by atoms with Gasteiger partial charge in [0.1, 0.15) is 0 Å². The Morgan fingerprint density at radius 2 is 2.05 bits per heavy atom. The summed E-state index contributed by atoms with van der Waals surface area (Å²) < 4.78 is 12.0. The number of hydrogen-bond donors (Lipinski definition) is 1. The summed E-state index contributed by atoms with van der Waals surface area (Å²) in [5.74, 6) is -0.00424. The second-order valence-corrected chi connectivity index (χ2v) is 11.6. The normalized spacial score (nSPS) is 24.4. The van der Waals surface area contributed by atoms with Crippen molar-refractivity contribution in [2.75, 3.05) is 6.61 Å². The first-order valence-corrected chi connectivity index (χ1v) is 9.67. The van der Waals surface area contributed by atoms with Crippen molar-refractivity contribution < 1.29 is 14.0 Å². The molecule has 1 aliphatic rings. The van der Waals surface area contributed by atoms with Gasteiger partial charge in [0.25, 0.3) is 0 Å². The highest BCUT2D eigenvalue weighted by molar-refractivity contribution is 6.74. The smallest absolute Gasteiger partial charge is 0.224 e. The topological polar surface area (TPSA) is 47.6 Å². The highest BCUT2D eigenvalue weighted by atomic mass is 28.4. The van der Waals surface area contributed by atoms with E-state index in [2.05, 4.69) is 45.8 Å². The van der Waals surface area contributed by atoms with Gasteiger partial charge in [-0.25, -0.2) is 0 Å². The fourth-order valence-corrected chi connectivity index (χ4v) is 2.96. The minimum Gasteiger partial charge on any atom is -0.409 e. The third kappa shape index (κ3) is 4.44. The van der Waals surface area contributed by atoms with Crippen LogP contribution in [-0.2, 0) is 14.0 Å². The molecule has 0 aliphatic carbocycles. The van der Waals surface area contributed by atoms with Crippen molar-refractivity contribution in [1.29, 1.82) is 0 Å². The monoisotopic (exact) mass is 285 g/mol. The van der Waals surface area contributed by atoms with E-state index in [4.69, 9.17) is 9.16 Å². The van der Waals surface area contributed by atoms with Gasteiger partial charge in [-0.15, -0.1) is 0 Å². The van der Waals surface area contributed by atoms with Crippen LogP contribution in [0.1, 0.15) is 34.1 Å². The standard InChI is InChI=1S/C14H27NO3Si/c1-10(2)9-17-13-11(8-12(16)15-13)18-19(6,7)14(3,4)5/h11,13H,1,8-9H2,2-7H3,(H,15,16)/t11-,13-/m1/s1. The molecule has 1 aliphatic heterocycles. The van der Waals surface area contributed by atoms with Crippen LogP contribution < -0.4 is 5.32 Å². The first-order valence-electron chi connectivity index (χ1n) is 6.76. The Hall–Kier alpha value is -0.653. The number of amides is 1. The van der Waals surface area contributed by atoms with Crippen molar-refractivity contribution in [3.63, 3.8) is 0 Å². The number of nitrogens with one attached hydrogen (secondary N) is 1. The lowest BCUT2D eigenvalue weighted by molar-refractivity contribution is -0.120. The minimum atomic E-state index is -1.89. The second-order valence-electron chi connectivity index (χ2n) is 6.88. The lowest BCUT2D eigenvalue weighted by Crippen LogP contribution is -2.47. The summed E-state index contributed by atoms with van der Waals surface area (Å²) in [6, 6.07) is 0. The molecule has 1 saturated heterocycles. The van der Waals surface area contributed by atoms with E-state index in [-0.39, 0.29) is 23.3 Å². The second kappa shape index (κ2) is 5.77. The molecule has 0 bridgehead atoms. The molecule has 0 unspecified atom stereocenters. The summed E-state index contributed by atoms with van der Waals surface area (Å²) >= 11 is 0. The van der Waals surface area contributed by atoms with Crippen molar-refractivity contribution in [3.8, 4) is 0 Å². The molecule has 0 radical (unpaired) electrons. The van der Waals surface area contributed by atoms with Crippen molar-refractivity contribution in [1.82, 2.24) is 5.32 Å². The van der Waals surface area contributed by atoms with Gasteiger partial charge in [-0.3, -0.25) is 4.79 Å². The Labute approximate surface area is 117 Å². The maximum absolute atomic E-state index is 11.6. The fourth-order valence-electron chi connectivity index (χ4n) is 1.64. The molecule has 0 saturated carbocycles. The average Bonchev–Trinajstić information content (AvgIpc) is 2.53. The summed E-state index contributed by atoms with van der Waals surface area (Å²) in [5, 5.41) is 2.95. The summed E-state index contributed by atoms with van der Waals surface area (Å²) in [4.78, 5) is 11.6. The van der Waals surface area contributed by atoms with E-state index in [0.717, 1.165) is 5.57 Å². The zero-order valence-electron chi connectivity index (χ0n) is 13.0. The van der Waals surface area contributed by atoms with E-state index in [1.807, 2.05) is 6.92 Å². The van der Waals surface area contributed by atoms with E-state index in [1.165, 1.54) is 0 Å². The quantitative estimate of drug-likeness (QED) is 0.624. The number of carbonyl (C=O) groups is 1. The van der Waals surface area contributed by atoms with E-state index >= 15 is 0 Å². The molecule has 0 spiro atoms. The lowest BCUT2D eigenvalue weighted by atomic mass is 10.2. The highest BCUT2D eigenvalue weighted by Gasteiger charge is 2.44. The summed E-state index contributed by atoms with van der Waals surface area (Å²) in [5.41, 5.74) is 0.937. The predicted molar refractivity (Wildman–Crippen MR) is 79.4 cm³/mol. The molecule has 110 valence electrons. The molecule has 1 rings (SSSR count). The van der Waals surface area contributed by atoms with Gasteiger partial charge in [-0.1, -0.05) is 32.9 Å². The molecule has 0 aromatic carbocycles. The van der Waals surface area contributed by atoms with Gasteiger partial charge in [-0.05, 0) is 25.1 Å². The SMILES string of the molecule is C=C(C)CO[C@H]1NC(=O)C[C@H]1O[Si](C)(C)C(C)(C)C. The van der Waals surface area contributed by atoms with Crippen molar-refractivity contribution in [2.24, 2.45) is 0 Å². The number of ether oxygens (including phenoxy) is 1. The van der Waals surface area contributed by atoms with Crippen LogP contribution in [0.3, 0.4) is 0 Å². The molecule has 19 heavy (non-hydrogen) atoms. The van der Waals surface area contributed by atoms with Crippen molar-refractivity contribution in [2.45, 2.75) is 64.6 Å². The largest absolute Gasteiger partial charge is 0.409 e. The van der Waals surface area contributed by atoms with Crippen LogP contribution >= 0.6 is 0 Å². The first kappa shape index (κ1) is 16.4. The lowest BCUT2D eigenvalue weighted by Gasteiger charge is -2.39. The number of hydrogen-bond acceptors (Lipinski definition) is 3. The van der Waals surface area contributed by atoms with Gasteiger partial charge in [-0.2, -0.15) is 0 Å². The van der Waals surface area contributed by atoms with Crippen LogP contribution in [0.5, 0.6) is 0 Å². The Balaban J connectivity index is 2.69. The van der Waals surface area contributed by atoms with Crippen LogP contribution in [0, 0.1) is 0 Å². The minimum absolute atomic E-state index is 0.00424. The summed E-state index contributed by atoms with van der Waals surface area (Å²) in [6.45, 7) is 17.1. The third-order valence-electron chi connectivity index (χ3n) is 3.79. The molecule has 1 amide bonds. The maximum atomic E-state index is 11.6. The number of rotatable bonds is 5. The Morgan fingerprint density at radius 1 is 1.47 bits per heavy atom. The van der Waals surface area contributed by atoms with Gasteiger partial charge >= 0.3 is 0 Å². The molecule has 1 N–H and O–H groups in total. The van der Waals surface area contributed by atoms with Crippen molar-refractivity contribution in [3.05, 3.63) is 12.2 Å². The van der Waals surface area contributed by atoms with Crippen LogP contribution in [0.25, 0.3) is 0 Å². The zero-order valence-corrected chi connectivity index (χ0v) is 14.0. The Morgan fingerprint density at radius 3 is 2.53 bits per heavy atom. The fraction of sp³-hybridized carbons (Fsp3) is 0.786. The molecule has 0 aromatic heterocycles. The van der Waals surface area contributed by atoms with Crippen LogP contribution in [0.4, 0.5) is 0 Å². The maximum Gasteiger partial charge on any atom is 0.224 e. The van der Waals surface area contributed by atoms with Crippen molar-refractivity contribution >= 4 is 14.2 Å². The highest BCUT2D eigenvalue weighted by Crippen LogP contribution is 2.38. The molecular formula is C14H27NO3Si. The van der Waals surface area contributed by atoms with Crippen LogP contribution in [0.2, 0.25) is 18.1 Å². The summed E-state index contributed by atoms with van der Waals surface area (Å²) in [7, 11) is -1.89. The van der Waals surface area contributed by atoms with Crippen LogP contribution in [0.15, 0.2) is 12.2 Å². The Kier molecular flexibility index (Phi) is 4.98. The predicted octanol–water partition coefficient (Wildman–Crippen LogP) is 2.82. The van der Waals surface area contributed by atoms with E-state index in [0.29, 0.717) is 13.0 Å². The van der Waals surface area contributed by atoms with E-state index in [1.54, 1.807) is 0 Å². The molecule has 0 aromatic rings. The number of carbonyl (C=O) groups excluding carboxylic acids is 1.